The monoisotopic (exact) mass is 288 g/mol. The Morgan fingerprint density at radius 2 is 1.85 bits per heavy atom. The van der Waals surface area contributed by atoms with Gasteiger partial charge < -0.3 is 19.7 Å². The lowest BCUT2D eigenvalue weighted by Crippen LogP contribution is -2.69. The van der Waals surface area contributed by atoms with E-state index < -0.39 is 28.7 Å². The number of ether oxygens (including phenoxy) is 2. The summed E-state index contributed by atoms with van der Waals surface area (Å²) in [4.78, 5) is 25.0. The molecule has 2 fully saturated rings. The number of esters is 1. The number of nitrogens with zero attached hydrogens (tertiary/aromatic N) is 1. The zero-order valence-electron chi connectivity index (χ0n) is 12.3. The Morgan fingerprint density at radius 1 is 1.25 bits per heavy atom. The van der Waals surface area contributed by atoms with Gasteiger partial charge in [0.1, 0.15) is 5.60 Å². The van der Waals surface area contributed by atoms with Gasteiger partial charge in [-0.15, -0.1) is 0 Å². The number of carbonyl (C=O) groups is 2. The average molecular weight is 288 g/mol. The maximum atomic E-state index is 14.9. The van der Waals surface area contributed by atoms with E-state index in [1.165, 1.54) is 12.0 Å². The first-order valence-electron chi connectivity index (χ1n) is 6.60. The van der Waals surface area contributed by atoms with E-state index in [1.807, 2.05) is 0 Å². The number of alkyl halides is 1. The second-order valence-electron chi connectivity index (χ2n) is 6.51. The smallest absolute Gasteiger partial charge is 0.410 e. The molecule has 0 radical (unpaired) electrons. The highest BCUT2D eigenvalue weighted by Crippen LogP contribution is 2.46. The van der Waals surface area contributed by atoms with Gasteiger partial charge in [-0.2, -0.15) is 0 Å². The van der Waals surface area contributed by atoms with Gasteiger partial charge in [-0.3, -0.25) is 0 Å². The zero-order valence-corrected chi connectivity index (χ0v) is 12.3. The van der Waals surface area contributed by atoms with Gasteiger partial charge in [0, 0.05) is 26.2 Å². The van der Waals surface area contributed by atoms with Crippen LogP contribution in [0.4, 0.5) is 9.18 Å². The van der Waals surface area contributed by atoms with E-state index in [0.29, 0.717) is 6.54 Å². The first-order valence-corrected chi connectivity index (χ1v) is 6.60. The maximum absolute atomic E-state index is 14.9. The molecule has 0 aromatic rings. The number of halogens is 1. The summed E-state index contributed by atoms with van der Waals surface area (Å²) in [6.07, 6.45) is -0.484. The second-order valence-corrected chi connectivity index (χ2v) is 6.51. The molecule has 2 heterocycles. The lowest BCUT2D eigenvalue weighted by molar-refractivity contribution is -0.170. The van der Waals surface area contributed by atoms with E-state index in [2.05, 4.69) is 10.1 Å². The van der Waals surface area contributed by atoms with Crippen LogP contribution in [0.2, 0.25) is 0 Å². The summed E-state index contributed by atoms with van der Waals surface area (Å²) in [5.41, 5.74) is -3.58. The Kier molecular flexibility index (Phi) is 3.44. The Labute approximate surface area is 117 Å². The van der Waals surface area contributed by atoms with E-state index in [4.69, 9.17) is 4.74 Å². The molecule has 1 amide bonds. The van der Waals surface area contributed by atoms with E-state index >= 15 is 0 Å². The summed E-state index contributed by atoms with van der Waals surface area (Å²) in [6, 6.07) is 0. The molecular formula is C13H21FN2O4. The minimum atomic E-state index is -2.08. The van der Waals surface area contributed by atoms with Crippen molar-refractivity contribution in [3.05, 3.63) is 0 Å². The lowest BCUT2D eigenvalue weighted by Gasteiger charge is -2.51. The summed E-state index contributed by atoms with van der Waals surface area (Å²) in [5, 5.41) is 2.87. The van der Waals surface area contributed by atoms with Crippen molar-refractivity contribution in [2.24, 2.45) is 5.41 Å². The minimum Gasteiger partial charge on any atom is -0.467 e. The van der Waals surface area contributed by atoms with E-state index in [1.54, 1.807) is 20.8 Å². The Hall–Kier alpha value is -1.37. The molecule has 2 aliphatic rings. The molecule has 7 heteroatoms. The molecule has 0 aromatic heterocycles. The molecule has 0 saturated carbocycles. The normalized spacial score (nSPS) is 28.1. The first-order chi connectivity index (χ1) is 9.13. The van der Waals surface area contributed by atoms with Crippen molar-refractivity contribution < 1.29 is 23.5 Å². The highest BCUT2D eigenvalue weighted by Gasteiger charge is 2.67. The number of hydrogen-bond donors (Lipinski definition) is 1. The summed E-state index contributed by atoms with van der Waals surface area (Å²) in [7, 11) is 1.17. The molecule has 2 aliphatic heterocycles. The summed E-state index contributed by atoms with van der Waals surface area (Å²) < 4.78 is 24.6. The Balaban J connectivity index is 2.04. The van der Waals surface area contributed by atoms with Gasteiger partial charge in [-0.05, 0) is 20.8 Å². The molecule has 0 aromatic carbocycles. The minimum absolute atomic E-state index is 0.0815. The molecule has 114 valence electrons. The molecule has 6 nitrogen and oxygen atoms in total. The lowest BCUT2D eigenvalue weighted by atomic mass is 9.69. The fourth-order valence-electron chi connectivity index (χ4n) is 2.75. The van der Waals surface area contributed by atoms with Crippen LogP contribution >= 0.6 is 0 Å². The Bertz CT molecular complexity index is 429. The number of likely N-dealkylation sites (tertiary alicyclic amines) is 1. The largest absolute Gasteiger partial charge is 0.467 e. The quantitative estimate of drug-likeness (QED) is 0.720. The van der Waals surface area contributed by atoms with Gasteiger partial charge in [-0.25, -0.2) is 14.0 Å². The fourth-order valence-corrected chi connectivity index (χ4v) is 2.75. The molecule has 0 bridgehead atoms. The van der Waals surface area contributed by atoms with Gasteiger partial charge in [0.15, 0.2) is 0 Å². The number of rotatable bonds is 1. The highest BCUT2D eigenvalue weighted by atomic mass is 19.1. The molecule has 1 atom stereocenters. The predicted octanol–water partition coefficient (Wildman–Crippen LogP) is 0.708. The predicted molar refractivity (Wildman–Crippen MR) is 69.0 cm³/mol. The van der Waals surface area contributed by atoms with Crippen LogP contribution in [0.25, 0.3) is 0 Å². The topological polar surface area (TPSA) is 67.9 Å². The van der Waals surface area contributed by atoms with Crippen LogP contribution in [0, 0.1) is 5.41 Å². The van der Waals surface area contributed by atoms with Crippen LogP contribution in [0.5, 0.6) is 0 Å². The molecule has 20 heavy (non-hydrogen) atoms. The van der Waals surface area contributed by atoms with Crippen molar-refractivity contribution >= 4 is 12.1 Å². The number of carbonyl (C=O) groups excluding carboxylic acids is 2. The number of methoxy groups -OCH3 is 1. The number of nitrogens with one attached hydrogen (secondary N) is 1. The average Bonchev–Trinajstić information content (AvgIpc) is 2.62. The van der Waals surface area contributed by atoms with Crippen molar-refractivity contribution in [2.45, 2.75) is 32.0 Å². The van der Waals surface area contributed by atoms with Crippen LogP contribution in [-0.4, -0.2) is 61.5 Å². The van der Waals surface area contributed by atoms with Gasteiger partial charge >= 0.3 is 12.1 Å². The molecule has 2 rings (SSSR count). The third-order valence-corrected chi connectivity index (χ3v) is 3.82. The van der Waals surface area contributed by atoms with Crippen LogP contribution in [0.1, 0.15) is 20.8 Å². The summed E-state index contributed by atoms with van der Waals surface area (Å²) >= 11 is 0. The molecular weight excluding hydrogens is 267 g/mol. The number of hydrogen-bond acceptors (Lipinski definition) is 5. The third kappa shape index (κ3) is 2.24. The SMILES string of the molecule is COC(=O)[C@]1(F)CNCC12CN(C(=O)OC(C)(C)C)C2. The van der Waals surface area contributed by atoms with Crippen molar-refractivity contribution in [1.82, 2.24) is 10.2 Å². The van der Waals surface area contributed by atoms with Crippen molar-refractivity contribution in [3.63, 3.8) is 0 Å². The molecule has 1 N–H and O–H groups in total. The van der Waals surface area contributed by atoms with E-state index in [9.17, 15) is 14.0 Å². The van der Waals surface area contributed by atoms with E-state index in [-0.39, 0.29) is 19.6 Å². The highest BCUT2D eigenvalue weighted by molar-refractivity contribution is 5.83. The maximum Gasteiger partial charge on any atom is 0.410 e. The van der Waals surface area contributed by atoms with Crippen LogP contribution in [0.3, 0.4) is 0 Å². The second kappa shape index (κ2) is 4.58. The van der Waals surface area contributed by atoms with E-state index in [0.717, 1.165) is 0 Å². The molecule has 0 aliphatic carbocycles. The zero-order chi connectivity index (χ0) is 15.2. The van der Waals surface area contributed by atoms with Crippen LogP contribution < -0.4 is 5.32 Å². The third-order valence-electron chi connectivity index (χ3n) is 3.82. The van der Waals surface area contributed by atoms with Gasteiger partial charge in [0.2, 0.25) is 5.67 Å². The van der Waals surface area contributed by atoms with Gasteiger partial charge in [-0.1, -0.05) is 0 Å². The van der Waals surface area contributed by atoms with Gasteiger partial charge in [0.25, 0.3) is 0 Å². The molecule has 2 saturated heterocycles. The van der Waals surface area contributed by atoms with Gasteiger partial charge in [0.05, 0.1) is 12.5 Å². The van der Waals surface area contributed by atoms with Crippen molar-refractivity contribution in [1.29, 1.82) is 0 Å². The summed E-state index contributed by atoms with van der Waals surface area (Å²) in [6.45, 7) is 5.88. The fraction of sp³-hybridized carbons (Fsp3) is 0.846. The summed E-state index contributed by atoms with van der Waals surface area (Å²) in [5.74, 6) is -0.883. The Morgan fingerprint density at radius 3 is 2.35 bits per heavy atom. The standard InChI is InChI=1S/C13H21FN2O4/c1-11(2,3)20-10(18)16-7-12(8-16)5-15-6-13(12,14)9(17)19-4/h15H,5-8H2,1-4H3/t13-/m1/s1. The van der Waals surface area contributed by atoms with Crippen LogP contribution in [0.15, 0.2) is 0 Å². The van der Waals surface area contributed by atoms with Crippen LogP contribution in [-0.2, 0) is 14.3 Å². The van der Waals surface area contributed by atoms with Crippen molar-refractivity contribution in [2.75, 3.05) is 33.3 Å². The number of amides is 1. The molecule has 0 unspecified atom stereocenters. The first kappa shape index (κ1) is 15.0. The molecule has 1 spiro atoms. The van der Waals surface area contributed by atoms with Crippen molar-refractivity contribution in [3.8, 4) is 0 Å².